The van der Waals surface area contributed by atoms with E-state index in [2.05, 4.69) is 31.9 Å². The maximum atomic E-state index is 12.6. The lowest BCUT2D eigenvalue weighted by molar-refractivity contribution is 0.0941. The highest BCUT2D eigenvalue weighted by Crippen LogP contribution is 2.16. The lowest BCUT2D eigenvalue weighted by Gasteiger charge is -2.17. The number of para-hydroxylation sites is 1. The molecular weight excluding hydrogens is 394 g/mol. The number of benzene rings is 2. The van der Waals surface area contributed by atoms with E-state index in [9.17, 15) is 9.59 Å². The van der Waals surface area contributed by atoms with E-state index in [0.717, 1.165) is 10.0 Å². The summed E-state index contributed by atoms with van der Waals surface area (Å²) in [7, 11) is 0. The highest BCUT2D eigenvalue weighted by atomic mass is 79.9. The fraction of sp³-hybridized carbons (Fsp3) is 0.300. The average molecular weight is 418 g/mol. The van der Waals surface area contributed by atoms with Crippen molar-refractivity contribution in [2.45, 2.75) is 39.3 Å². The van der Waals surface area contributed by atoms with Gasteiger partial charge in [-0.25, -0.2) is 4.79 Å². The highest BCUT2D eigenvalue weighted by Gasteiger charge is 2.15. The van der Waals surface area contributed by atoms with Crippen LogP contribution in [0.2, 0.25) is 0 Å². The number of hydrogen-bond acceptors (Lipinski definition) is 2. The topological polar surface area (TPSA) is 70.2 Å². The molecule has 0 saturated carbocycles. The predicted octanol–water partition coefficient (Wildman–Crippen LogP) is 4.34. The van der Waals surface area contributed by atoms with Crippen molar-refractivity contribution in [2.75, 3.05) is 5.32 Å². The van der Waals surface area contributed by atoms with Gasteiger partial charge < -0.3 is 16.0 Å². The molecule has 0 aromatic heterocycles. The monoisotopic (exact) mass is 417 g/mol. The van der Waals surface area contributed by atoms with Crippen molar-refractivity contribution in [3.8, 4) is 0 Å². The number of anilines is 1. The number of halogens is 1. The smallest absolute Gasteiger partial charge is 0.319 e. The largest absolute Gasteiger partial charge is 0.349 e. The van der Waals surface area contributed by atoms with Crippen molar-refractivity contribution in [3.63, 3.8) is 0 Å². The van der Waals surface area contributed by atoms with Crippen LogP contribution in [0.3, 0.4) is 0 Å². The first-order valence-corrected chi connectivity index (χ1v) is 9.36. The molecule has 0 spiro atoms. The van der Waals surface area contributed by atoms with E-state index in [1.165, 1.54) is 0 Å². The zero-order chi connectivity index (χ0) is 19.1. The minimum Gasteiger partial charge on any atom is -0.349 e. The Bertz CT molecular complexity index is 777. The maximum absolute atomic E-state index is 12.6. The van der Waals surface area contributed by atoms with Gasteiger partial charge in [0.15, 0.2) is 0 Å². The molecule has 0 aliphatic rings. The van der Waals surface area contributed by atoms with Gasteiger partial charge in [-0.3, -0.25) is 4.79 Å². The number of nitrogens with one attached hydrogen (secondary N) is 3. The van der Waals surface area contributed by atoms with Crippen molar-refractivity contribution >= 4 is 33.6 Å². The van der Waals surface area contributed by atoms with E-state index in [4.69, 9.17) is 0 Å². The van der Waals surface area contributed by atoms with Gasteiger partial charge in [0, 0.05) is 16.6 Å². The normalized spacial score (nSPS) is 11.7. The molecule has 2 aromatic rings. The van der Waals surface area contributed by atoms with Gasteiger partial charge in [-0.1, -0.05) is 40.2 Å². The van der Waals surface area contributed by atoms with Gasteiger partial charge in [-0.15, -0.1) is 0 Å². The van der Waals surface area contributed by atoms with Crippen LogP contribution < -0.4 is 16.0 Å². The Labute approximate surface area is 162 Å². The number of amides is 3. The van der Waals surface area contributed by atoms with Crippen LogP contribution in [0.15, 0.2) is 53.0 Å². The number of carbonyl (C=O) groups excluding carboxylic acids is 2. The van der Waals surface area contributed by atoms with Crippen LogP contribution in [-0.2, 0) is 6.42 Å². The predicted molar refractivity (Wildman–Crippen MR) is 109 cm³/mol. The Morgan fingerprint density at radius 1 is 1.00 bits per heavy atom. The molecule has 26 heavy (non-hydrogen) atoms. The molecule has 3 amide bonds. The van der Waals surface area contributed by atoms with Crippen LogP contribution >= 0.6 is 15.9 Å². The quantitative estimate of drug-likeness (QED) is 0.653. The van der Waals surface area contributed by atoms with Gasteiger partial charge >= 0.3 is 6.03 Å². The zero-order valence-electron chi connectivity index (χ0n) is 15.2. The summed E-state index contributed by atoms with van der Waals surface area (Å²) >= 11 is 3.46. The molecule has 0 saturated heterocycles. The summed E-state index contributed by atoms with van der Waals surface area (Å²) < 4.78 is 1.01. The van der Waals surface area contributed by atoms with E-state index in [1.807, 2.05) is 45.0 Å². The second kappa shape index (κ2) is 9.38. The summed E-state index contributed by atoms with van der Waals surface area (Å²) in [6.45, 7) is 5.71. The van der Waals surface area contributed by atoms with Crippen LogP contribution in [0, 0.1) is 0 Å². The van der Waals surface area contributed by atoms with E-state index in [1.54, 1.807) is 24.3 Å². The number of hydrogen-bond donors (Lipinski definition) is 3. The van der Waals surface area contributed by atoms with Crippen molar-refractivity contribution in [3.05, 3.63) is 64.1 Å². The molecule has 1 unspecified atom stereocenters. The summed E-state index contributed by atoms with van der Waals surface area (Å²) in [4.78, 5) is 24.6. The molecule has 1 atom stereocenters. The van der Waals surface area contributed by atoms with Gasteiger partial charge in [0.25, 0.3) is 5.91 Å². The minimum absolute atomic E-state index is 0.0150. The van der Waals surface area contributed by atoms with Crippen LogP contribution in [0.1, 0.15) is 36.7 Å². The third kappa shape index (κ3) is 6.19. The molecule has 0 heterocycles. The second-order valence-corrected chi connectivity index (χ2v) is 7.42. The molecule has 0 radical (unpaired) electrons. The SMILES string of the molecule is CC(C)NC(=O)Nc1ccccc1C(=O)NC(C)Cc1cccc(Br)c1. The van der Waals surface area contributed by atoms with E-state index in [-0.39, 0.29) is 24.0 Å². The lowest BCUT2D eigenvalue weighted by Crippen LogP contribution is -2.36. The number of urea groups is 1. The fourth-order valence-corrected chi connectivity index (χ4v) is 3.03. The summed E-state index contributed by atoms with van der Waals surface area (Å²) in [5.41, 5.74) is 2.06. The Hall–Kier alpha value is -2.34. The summed E-state index contributed by atoms with van der Waals surface area (Å²) in [5, 5.41) is 8.48. The van der Waals surface area contributed by atoms with E-state index >= 15 is 0 Å². The first kappa shape index (κ1) is 20.0. The second-order valence-electron chi connectivity index (χ2n) is 6.51. The van der Waals surface area contributed by atoms with Gasteiger partial charge in [-0.2, -0.15) is 0 Å². The van der Waals surface area contributed by atoms with Gasteiger partial charge in [0.1, 0.15) is 0 Å². The molecule has 2 rings (SSSR count). The van der Waals surface area contributed by atoms with E-state index < -0.39 is 0 Å². The summed E-state index contributed by atoms with van der Waals surface area (Å²) in [5.74, 6) is -0.215. The summed E-state index contributed by atoms with van der Waals surface area (Å²) in [6.07, 6.45) is 0.717. The number of rotatable bonds is 6. The first-order valence-electron chi connectivity index (χ1n) is 8.57. The molecule has 2 aromatic carbocycles. The molecule has 6 heteroatoms. The molecule has 5 nitrogen and oxygen atoms in total. The molecule has 0 aliphatic heterocycles. The van der Waals surface area contributed by atoms with Gasteiger partial charge in [0.05, 0.1) is 11.3 Å². The number of carbonyl (C=O) groups is 2. The molecular formula is C20H24BrN3O2. The fourth-order valence-electron chi connectivity index (χ4n) is 2.58. The van der Waals surface area contributed by atoms with E-state index in [0.29, 0.717) is 17.7 Å². The molecule has 138 valence electrons. The Morgan fingerprint density at radius 3 is 2.42 bits per heavy atom. The van der Waals surface area contributed by atoms with Gasteiger partial charge in [0.2, 0.25) is 0 Å². The molecule has 0 aliphatic carbocycles. The van der Waals surface area contributed by atoms with Crippen LogP contribution in [0.4, 0.5) is 10.5 Å². The van der Waals surface area contributed by atoms with Crippen molar-refractivity contribution in [1.29, 1.82) is 0 Å². The molecule has 0 bridgehead atoms. The molecule has 3 N–H and O–H groups in total. The Morgan fingerprint density at radius 2 is 1.73 bits per heavy atom. The third-order valence-electron chi connectivity index (χ3n) is 3.65. The highest BCUT2D eigenvalue weighted by molar-refractivity contribution is 9.10. The van der Waals surface area contributed by atoms with Gasteiger partial charge in [-0.05, 0) is 57.0 Å². The third-order valence-corrected chi connectivity index (χ3v) is 4.14. The lowest BCUT2D eigenvalue weighted by atomic mass is 10.1. The zero-order valence-corrected chi connectivity index (χ0v) is 16.8. The Balaban J connectivity index is 2.03. The summed E-state index contributed by atoms with van der Waals surface area (Å²) in [6, 6.07) is 14.6. The Kier molecular flexibility index (Phi) is 7.21. The van der Waals surface area contributed by atoms with Crippen molar-refractivity contribution in [2.24, 2.45) is 0 Å². The van der Waals surface area contributed by atoms with Crippen LogP contribution in [0.25, 0.3) is 0 Å². The minimum atomic E-state index is -0.331. The van der Waals surface area contributed by atoms with Crippen LogP contribution in [0.5, 0.6) is 0 Å². The standard InChI is InChI=1S/C20H24BrN3O2/c1-13(2)22-20(26)24-18-10-5-4-9-17(18)19(25)23-14(3)11-15-7-6-8-16(21)12-15/h4-10,12-14H,11H2,1-3H3,(H,23,25)(H2,22,24,26). The molecule has 0 fully saturated rings. The maximum Gasteiger partial charge on any atom is 0.319 e. The first-order chi connectivity index (χ1) is 12.3. The van der Waals surface area contributed by atoms with Crippen molar-refractivity contribution < 1.29 is 9.59 Å². The van der Waals surface area contributed by atoms with Crippen LogP contribution in [-0.4, -0.2) is 24.0 Å². The average Bonchev–Trinajstić information content (AvgIpc) is 2.54. The van der Waals surface area contributed by atoms with Crippen molar-refractivity contribution in [1.82, 2.24) is 10.6 Å².